The van der Waals surface area contributed by atoms with E-state index >= 15 is 0 Å². The van der Waals surface area contributed by atoms with Crippen molar-refractivity contribution in [3.63, 3.8) is 0 Å². The maximum absolute atomic E-state index is 11.3. The lowest BCUT2D eigenvalue weighted by Gasteiger charge is -1.90. The van der Waals surface area contributed by atoms with Crippen LogP contribution in [0.3, 0.4) is 0 Å². The SMILES string of the molecule is O=C(C=Cc1ccccc1)C1CC1. The van der Waals surface area contributed by atoms with Crippen molar-refractivity contribution in [2.45, 2.75) is 12.8 Å². The zero-order valence-electron chi connectivity index (χ0n) is 7.44. The second kappa shape index (κ2) is 3.56. The molecule has 0 aliphatic heterocycles. The summed E-state index contributed by atoms with van der Waals surface area (Å²) >= 11 is 0. The predicted octanol–water partition coefficient (Wildman–Crippen LogP) is 2.68. The van der Waals surface area contributed by atoms with Gasteiger partial charge in [-0.05, 0) is 24.5 Å². The second-order valence-corrected chi connectivity index (χ2v) is 3.42. The number of carbonyl (C=O) groups excluding carboxylic acids is 1. The van der Waals surface area contributed by atoms with Gasteiger partial charge in [-0.3, -0.25) is 4.79 Å². The smallest absolute Gasteiger partial charge is 0.158 e. The van der Waals surface area contributed by atoms with Crippen molar-refractivity contribution < 1.29 is 4.79 Å². The number of carbonyl (C=O) groups is 1. The van der Waals surface area contributed by atoms with Crippen LogP contribution in [0.25, 0.3) is 6.08 Å². The summed E-state index contributed by atoms with van der Waals surface area (Å²) in [5.74, 6) is 0.615. The lowest BCUT2D eigenvalue weighted by molar-refractivity contribution is -0.115. The van der Waals surface area contributed by atoms with Crippen LogP contribution in [0.15, 0.2) is 36.4 Å². The Morgan fingerprint density at radius 3 is 2.54 bits per heavy atom. The van der Waals surface area contributed by atoms with Crippen LogP contribution in [0.2, 0.25) is 0 Å². The van der Waals surface area contributed by atoms with Crippen LogP contribution in [0, 0.1) is 5.92 Å². The Kier molecular flexibility index (Phi) is 2.26. The number of allylic oxidation sites excluding steroid dienone is 1. The lowest BCUT2D eigenvalue weighted by Crippen LogP contribution is -1.93. The van der Waals surface area contributed by atoms with Crippen molar-refractivity contribution in [1.82, 2.24) is 0 Å². The lowest BCUT2D eigenvalue weighted by atomic mass is 10.1. The highest BCUT2D eigenvalue weighted by atomic mass is 16.1. The summed E-state index contributed by atoms with van der Waals surface area (Å²) in [4.78, 5) is 11.3. The molecule has 2 rings (SSSR count). The van der Waals surface area contributed by atoms with Crippen LogP contribution in [0.4, 0.5) is 0 Å². The minimum Gasteiger partial charge on any atom is -0.295 e. The van der Waals surface area contributed by atoms with E-state index in [-0.39, 0.29) is 5.78 Å². The topological polar surface area (TPSA) is 17.1 Å². The van der Waals surface area contributed by atoms with Gasteiger partial charge >= 0.3 is 0 Å². The second-order valence-electron chi connectivity index (χ2n) is 3.42. The standard InChI is InChI=1S/C12H12O/c13-12(11-7-8-11)9-6-10-4-2-1-3-5-10/h1-6,9,11H,7-8H2. The molecule has 0 unspecified atom stereocenters. The summed E-state index contributed by atoms with van der Waals surface area (Å²) < 4.78 is 0. The van der Waals surface area contributed by atoms with E-state index in [0.717, 1.165) is 18.4 Å². The molecule has 13 heavy (non-hydrogen) atoms. The van der Waals surface area contributed by atoms with Gasteiger partial charge < -0.3 is 0 Å². The van der Waals surface area contributed by atoms with Crippen molar-refractivity contribution in [2.24, 2.45) is 5.92 Å². The van der Waals surface area contributed by atoms with E-state index in [0.29, 0.717) is 5.92 Å². The van der Waals surface area contributed by atoms with Gasteiger partial charge in [0.25, 0.3) is 0 Å². The van der Waals surface area contributed by atoms with Gasteiger partial charge in [-0.2, -0.15) is 0 Å². The van der Waals surface area contributed by atoms with E-state index in [4.69, 9.17) is 0 Å². The third-order valence-electron chi connectivity index (χ3n) is 2.22. The molecule has 0 aromatic heterocycles. The predicted molar refractivity (Wildman–Crippen MR) is 53.2 cm³/mol. The van der Waals surface area contributed by atoms with E-state index < -0.39 is 0 Å². The zero-order chi connectivity index (χ0) is 9.10. The highest BCUT2D eigenvalue weighted by Gasteiger charge is 2.27. The van der Waals surface area contributed by atoms with E-state index in [1.807, 2.05) is 36.4 Å². The largest absolute Gasteiger partial charge is 0.295 e. The summed E-state index contributed by atoms with van der Waals surface area (Å²) in [6, 6.07) is 9.91. The van der Waals surface area contributed by atoms with Crippen LogP contribution >= 0.6 is 0 Å². The highest BCUT2D eigenvalue weighted by Crippen LogP contribution is 2.30. The molecule has 1 aromatic rings. The Balaban J connectivity index is 2.00. The third-order valence-corrected chi connectivity index (χ3v) is 2.22. The number of benzene rings is 1. The van der Waals surface area contributed by atoms with Crippen LogP contribution in [0.1, 0.15) is 18.4 Å². The molecule has 0 amide bonds. The molecule has 0 saturated heterocycles. The van der Waals surface area contributed by atoms with Crippen LogP contribution in [-0.2, 0) is 4.79 Å². The summed E-state index contributed by atoms with van der Waals surface area (Å²) in [5.41, 5.74) is 1.09. The van der Waals surface area contributed by atoms with Crippen molar-refractivity contribution in [2.75, 3.05) is 0 Å². The van der Waals surface area contributed by atoms with Crippen LogP contribution < -0.4 is 0 Å². The summed E-state index contributed by atoms with van der Waals surface area (Å²) in [7, 11) is 0. The Labute approximate surface area is 78.1 Å². The summed E-state index contributed by atoms with van der Waals surface area (Å²) in [6.45, 7) is 0. The van der Waals surface area contributed by atoms with Gasteiger partial charge in [-0.25, -0.2) is 0 Å². The molecule has 1 fully saturated rings. The number of ketones is 1. The molecule has 1 aliphatic rings. The first-order chi connectivity index (χ1) is 6.36. The van der Waals surface area contributed by atoms with Crippen LogP contribution in [0.5, 0.6) is 0 Å². The Bertz CT molecular complexity index is 320. The van der Waals surface area contributed by atoms with E-state index in [1.54, 1.807) is 6.08 Å². The molecule has 0 N–H and O–H groups in total. The van der Waals surface area contributed by atoms with Crippen molar-refractivity contribution in [3.8, 4) is 0 Å². The molecular formula is C12H12O. The van der Waals surface area contributed by atoms with Crippen molar-refractivity contribution in [3.05, 3.63) is 42.0 Å². The Morgan fingerprint density at radius 2 is 1.92 bits per heavy atom. The molecule has 66 valence electrons. The molecule has 0 bridgehead atoms. The minimum atomic E-state index is 0.281. The quantitative estimate of drug-likeness (QED) is 0.640. The molecule has 0 atom stereocenters. The molecule has 1 aliphatic carbocycles. The van der Waals surface area contributed by atoms with Gasteiger partial charge in [0, 0.05) is 5.92 Å². The summed E-state index contributed by atoms with van der Waals surface area (Å²) in [5, 5.41) is 0. The average molecular weight is 172 g/mol. The molecular weight excluding hydrogens is 160 g/mol. The third kappa shape index (κ3) is 2.28. The number of hydrogen-bond acceptors (Lipinski definition) is 1. The number of rotatable bonds is 3. The Morgan fingerprint density at radius 1 is 1.23 bits per heavy atom. The highest BCUT2D eigenvalue weighted by molar-refractivity contribution is 5.96. The molecule has 0 radical (unpaired) electrons. The first-order valence-electron chi connectivity index (χ1n) is 4.63. The first-order valence-corrected chi connectivity index (χ1v) is 4.63. The van der Waals surface area contributed by atoms with E-state index in [2.05, 4.69) is 0 Å². The van der Waals surface area contributed by atoms with Gasteiger partial charge in [-0.1, -0.05) is 36.4 Å². The fourth-order valence-electron chi connectivity index (χ4n) is 1.25. The zero-order valence-corrected chi connectivity index (χ0v) is 7.44. The monoisotopic (exact) mass is 172 g/mol. The van der Waals surface area contributed by atoms with E-state index in [9.17, 15) is 4.79 Å². The maximum atomic E-state index is 11.3. The Hall–Kier alpha value is -1.37. The van der Waals surface area contributed by atoms with Crippen LogP contribution in [-0.4, -0.2) is 5.78 Å². The van der Waals surface area contributed by atoms with Gasteiger partial charge in [0.1, 0.15) is 0 Å². The van der Waals surface area contributed by atoms with Gasteiger partial charge in [0.2, 0.25) is 0 Å². The normalized spacial score (nSPS) is 16.3. The molecule has 1 heteroatoms. The summed E-state index contributed by atoms with van der Waals surface area (Å²) in [6.07, 6.45) is 5.75. The molecule has 1 aromatic carbocycles. The fraction of sp³-hybridized carbons (Fsp3) is 0.250. The molecule has 0 spiro atoms. The molecule has 1 saturated carbocycles. The van der Waals surface area contributed by atoms with Gasteiger partial charge in [0.05, 0.1) is 0 Å². The van der Waals surface area contributed by atoms with Crippen molar-refractivity contribution >= 4 is 11.9 Å². The van der Waals surface area contributed by atoms with Gasteiger partial charge in [0.15, 0.2) is 5.78 Å². The maximum Gasteiger partial charge on any atom is 0.158 e. The minimum absolute atomic E-state index is 0.281. The van der Waals surface area contributed by atoms with Gasteiger partial charge in [-0.15, -0.1) is 0 Å². The van der Waals surface area contributed by atoms with Crippen molar-refractivity contribution in [1.29, 1.82) is 0 Å². The average Bonchev–Trinajstić information content (AvgIpc) is 2.99. The fourth-order valence-corrected chi connectivity index (χ4v) is 1.25. The number of hydrogen-bond donors (Lipinski definition) is 0. The first kappa shape index (κ1) is 8.24. The molecule has 1 nitrogen and oxygen atoms in total. The molecule has 0 heterocycles. The van der Waals surface area contributed by atoms with E-state index in [1.165, 1.54) is 0 Å².